The van der Waals surface area contributed by atoms with Crippen LogP contribution >= 0.6 is 0 Å². The number of hydrogen-bond donors (Lipinski definition) is 2. The highest BCUT2D eigenvalue weighted by molar-refractivity contribution is 6.12. The third kappa shape index (κ3) is 2.40. The molecule has 1 aliphatic rings. The number of nitrogens with one attached hydrogen (secondary N) is 1. The van der Waals surface area contributed by atoms with Gasteiger partial charge in [0.15, 0.2) is 5.78 Å². The lowest BCUT2D eigenvalue weighted by molar-refractivity contribution is 0.101. The van der Waals surface area contributed by atoms with Crippen LogP contribution in [0.4, 0.5) is 11.6 Å². The van der Waals surface area contributed by atoms with Crippen LogP contribution in [0.5, 0.6) is 0 Å². The molecule has 2 N–H and O–H groups in total. The molecule has 132 valence electrons. The summed E-state index contributed by atoms with van der Waals surface area (Å²) in [5.41, 5.74) is 3.75. The van der Waals surface area contributed by atoms with E-state index in [0.29, 0.717) is 34.1 Å². The van der Waals surface area contributed by atoms with Gasteiger partial charge in [-0.2, -0.15) is 9.50 Å². The normalized spacial score (nSPS) is 15.5. The number of aryl methyl sites for hydroxylation is 1. The van der Waals surface area contributed by atoms with Gasteiger partial charge >= 0.3 is 0 Å². The molecule has 0 radical (unpaired) electrons. The van der Waals surface area contributed by atoms with Crippen LogP contribution in [0.3, 0.4) is 0 Å². The summed E-state index contributed by atoms with van der Waals surface area (Å²) in [6, 6.07) is 14.9. The molecule has 2 aromatic heterocycles. The monoisotopic (exact) mass is 357 g/mol. The number of nitrogens with zero attached hydrogens (tertiary/aromatic N) is 4. The number of carbonyl (C=O) groups excluding carboxylic acids is 1. The molecular formula is C20H15N5O2. The van der Waals surface area contributed by atoms with Gasteiger partial charge in [-0.1, -0.05) is 42.0 Å². The van der Waals surface area contributed by atoms with Crippen molar-refractivity contribution in [2.45, 2.75) is 13.0 Å². The molecule has 0 bridgehead atoms. The minimum absolute atomic E-state index is 0.177. The Morgan fingerprint density at radius 3 is 2.67 bits per heavy atom. The lowest BCUT2D eigenvalue weighted by atomic mass is 9.87. The molecule has 4 aromatic rings. The highest BCUT2D eigenvalue weighted by Gasteiger charge is 2.33. The van der Waals surface area contributed by atoms with E-state index in [0.717, 1.165) is 11.3 Å². The van der Waals surface area contributed by atoms with Gasteiger partial charge < -0.3 is 10.4 Å². The van der Waals surface area contributed by atoms with E-state index in [1.807, 2.05) is 31.2 Å². The highest BCUT2D eigenvalue weighted by atomic mass is 16.3. The largest absolute Gasteiger partial charge is 0.382 e. The van der Waals surface area contributed by atoms with Gasteiger partial charge in [-0.25, -0.2) is 4.98 Å². The van der Waals surface area contributed by atoms with Crippen molar-refractivity contribution in [1.29, 1.82) is 0 Å². The van der Waals surface area contributed by atoms with Crippen molar-refractivity contribution >= 4 is 23.2 Å². The second-order valence-electron chi connectivity index (χ2n) is 6.51. The molecule has 1 unspecified atom stereocenters. The Kier molecular flexibility index (Phi) is 3.32. The molecule has 1 aliphatic carbocycles. The summed E-state index contributed by atoms with van der Waals surface area (Å²) in [5.74, 6) is 0.483. The molecule has 27 heavy (non-hydrogen) atoms. The summed E-state index contributed by atoms with van der Waals surface area (Å²) in [6.45, 7) is 2.01. The number of benzene rings is 2. The Morgan fingerprint density at radius 1 is 1.07 bits per heavy atom. The fraction of sp³-hybridized carbons (Fsp3) is 0.100. The van der Waals surface area contributed by atoms with E-state index in [1.165, 1.54) is 10.7 Å². The number of anilines is 2. The van der Waals surface area contributed by atoms with Crippen LogP contribution in [0, 0.1) is 6.92 Å². The smallest absolute Gasteiger partial charge is 0.254 e. The van der Waals surface area contributed by atoms with Crippen molar-refractivity contribution in [3.8, 4) is 0 Å². The number of aliphatic hydroxyl groups is 1. The Labute approximate surface area is 154 Å². The van der Waals surface area contributed by atoms with Crippen molar-refractivity contribution in [2.24, 2.45) is 0 Å². The fourth-order valence-corrected chi connectivity index (χ4v) is 3.34. The van der Waals surface area contributed by atoms with Crippen LogP contribution in [-0.4, -0.2) is 30.5 Å². The van der Waals surface area contributed by atoms with Crippen LogP contribution in [0.15, 0.2) is 54.7 Å². The number of rotatable bonds is 2. The van der Waals surface area contributed by atoms with E-state index >= 15 is 0 Å². The number of hydrogen-bond acceptors (Lipinski definition) is 6. The standard InChI is InChI=1S/C20H15N5O2/c1-11-6-8-12(9-7-11)22-19-23-20-21-10-15-16(25(20)24-19)18(27)14-5-3-2-4-13(14)17(15)26/h2-10,18,27H,1H3,(H,22,24). The summed E-state index contributed by atoms with van der Waals surface area (Å²) in [6.07, 6.45) is 0.476. The lowest BCUT2D eigenvalue weighted by Gasteiger charge is -2.23. The number of aromatic nitrogens is 4. The average Bonchev–Trinajstić information content (AvgIpc) is 3.10. The molecular weight excluding hydrogens is 342 g/mol. The third-order valence-electron chi connectivity index (χ3n) is 4.71. The Morgan fingerprint density at radius 2 is 1.85 bits per heavy atom. The Hall–Kier alpha value is -3.58. The van der Waals surface area contributed by atoms with Crippen LogP contribution in [0.25, 0.3) is 5.78 Å². The number of fused-ring (bicyclic) bond motifs is 4. The van der Waals surface area contributed by atoms with Crippen molar-refractivity contribution < 1.29 is 9.90 Å². The summed E-state index contributed by atoms with van der Waals surface area (Å²) in [7, 11) is 0. The van der Waals surface area contributed by atoms with E-state index in [2.05, 4.69) is 20.4 Å². The third-order valence-corrected chi connectivity index (χ3v) is 4.71. The molecule has 0 aliphatic heterocycles. The number of ketones is 1. The maximum absolute atomic E-state index is 12.8. The molecule has 7 heteroatoms. The van der Waals surface area contributed by atoms with E-state index in [4.69, 9.17) is 0 Å². The molecule has 0 amide bonds. The van der Waals surface area contributed by atoms with Gasteiger partial charge in [-0.05, 0) is 24.6 Å². The topological polar surface area (TPSA) is 92.4 Å². The van der Waals surface area contributed by atoms with Gasteiger partial charge in [0.2, 0.25) is 5.95 Å². The predicted octanol–water partition coefficient (Wildman–Crippen LogP) is 2.80. The Bertz CT molecular complexity index is 1200. The van der Waals surface area contributed by atoms with Crippen molar-refractivity contribution in [2.75, 3.05) is 5.32 Å². The minimum Gasteiger partial charge on any atom is -0.382 e. The van der Waals surface area contributed by atoms with Crippen LogP contribution in [0.1, 0.15) is 38.8 Å². The summed E-state index contributed by atoms with van der Waals surface area (Å²) < 4.78 is 1.43. The van der Waals surface area contributed by atoms with Crippen molar-refractivity contribution in [3.63, 3.8) is 0 Å². The fourth-order valence-electron chi connectivity index (χ4n) is 3.34. The van der Waals surface area contributed by atoms with Crippen LogP contribution in [0.2, 0.25) is 0 Å². The zero-order valence-electron chi connectivity index (χ0n) is 14.4. The zero-order chi connectivity index (χ0) is 18.5. The first kappa shape index (κ1) is 15.7. The predicted molar refractivity (Wildman–Crippen MR) is 99.2 cm³/mol. The maximum atomic E-state index is 12.8. The number of aliphatic hydroxyl groups excluding tert-OH is 1. The molecule has 0 saturated heterocycles. The van der Waals surface area contributed by atoms with Crippen LogP contribution < -0.4 is 5.32 Å². The van der Waals surface area contributed by atoms with E-state index in [-0.39, 0.29) is 5.78 Å². The first-order chi connectivity index (χ1) is 13.1. The van der Waals surface area contributed by atoms with E-state index in [1.54, 1.807) is 24.3 Å². The molecule has 1 atom stereocenters. The average molecular weight is 357 g/mol. The maximum Gasteiger partial charge on any atom is 0.254 e. The second-order valence-corrected chi connectivity index (χ2v) is 6.51. The van der Waals surface area contributed by atoms with Gasteiger partial charge in [0, 0.05) is 17.4 Å². The highest BCUT2D eigenvalue weighted by Crippen LogP contribution is 2.34. The number of carbonyl (C=O) groups is 1. The lowest BCUT2D eigenvalue weighted by Crippen LogP contribution is -2.23. The molecule has 5 rings (SSSR count). The van der Waals surface area contributed by atoms with E-state index < -0.39 is 6.10 Å². The second kappa shape index (κ2) is 5.72. The van der Waals surface area contributed by atoms with Crippen LogP contribution in [-0.2, 0) is 0 Å². The van der Waals surface area contributed by atoms with Crippen molar-refractivity contribution in [1.82, 2.24) is 19.6 Å². The molecule has 7 nitrogen and oxygen atoms in total. The molecule has 0 saturated carbocycles. The first-order valence-corrected chi connectivity index (χ1v) is 8.53. The quantitative estimate of drug-likeness (QED) is 0.573. The zero-order valence-corrected chi connectivity index (χ0v) is 14.4. The SMILES string of the molecule is Cc1ccc(Nc2nc3ncc4c(n3n2)C(O)c2ccccc2C4=O)cc1. The molecule has 2 aromatic carbocycles. The Balaban J connectivity index is 1.63. The van der Waals surface area contributed by atoms with Gasteiger partial charge in [0.1, 0.15) is 6.10 Å². The first-order valence-electron chi connectivity index (χ1n) is 8.53. The van der Waals surface area contributed by atoms with Gasteiger partial charge in [-0.15, -0.1) is 5.10 Å². The molecule has 0 fully saturated rings. The molecule has 2 heterocycles. The van der Waals surface area contributed by atoms with E-state index in [9.17, 15) is 9.90 Å². The summed E-state index contributed by atoms with van der Waals surface area (Å²) in [5, 5.41) is 18.4. The van der Waals surface area contributed by atoms with Gasteiger partial charge in [-0.3, -0.25) is 4.79 Å². The summed E-state index contributed by atoms with van der Waals surface area (Å²) in [4.78, 5) is 21.4. The summed E-state index contributed by atoms with van der Waals surface area (Å²) >= 11 is 0. The van der Waals surface area contributed by atoms with Gasteiger partial charge in [0.05, 0.1) is 11.3 Å². The minimum atomic E-state index is -0.978. The van der Waals surface area contributed by atoms with Gasteiger partial charge in [0.25, 0.3) is 5.78 Å². The van der Waals surface area contributed by atoms with Crippen molar-refractivity contribution in [3.05, 3.63) is 82.7 Å². The molecule has 0 spiro atoms.